The second-order valence-electron chi connectivity index (χ2n) is 8.29. The maximum Gasteiger partial charge on any atom is 0.407 e. The summed E-state index contributed by atoms with van der Waals surface area (Å²) in [5, 5.41) is 4.03. The quantitative estimate of drug-likeness (QED) is 0.637. The van der Waals surface area contributed by atoms with Crippen molar-refractivity contribution in [1.29, 1.82) is 0 Å². The number of aryl methyl sites for hydroxylation is 1. The summed E-state index contributed by atoms with van der Waals surface area (Å²) in [6.45, 7) is 6.13. The number of thiazole rings is 1. The van der Waals surface area contributed by atoms with E-state index >= 15 is 0 Å². The number of hydrogen-bond donors (Lipinski definition) is 1. The summed E-state index contributed by atoms with van der Waals surface area (Å²) < 4.78 is 16.7. The Kier molecular flexibility index (Phi) is 8.23. The normalized spacial score (nSPS) is 17.2. The van der Waals surface area contributed by atoms with Crippen molar-refractivity contribution < 1.29 is 19.0 Å². The summed E-state index contributed by atoms with van der Waals surface area (Å²) >= 11 is 1.73. The molecule has 7 nitrogen and oxygen atoms in total. The molecule has 1 saturated heterocycles. The van der Waals surface area contributed by atoms with E-state index in [2.05, 4.69) is 23.2 Å². The van der Waals surface area contributed by atoms with E-state index in [-0.39, 0.29) is 18.7 Å². The van der Waals surface area contributed by atoms with E-state index in [1.54, 1.807) is 11.3 Å². The molecular weight excluding hydrogens is 426 g/mol. The van der Waals surface area contributed by atoms with E-state index < -0.39 is 0 Å². The molecule has 1 aromatic heterocycles. The molecule has 1 N–H and O–H groups in total. The third-order valence-corrected chi connectivity index (χ3v) is 6.95. The minimum atomic E-state index is -0.355. The Hall–Kier alpha value is -2.32. The smallest absolute Gasteiger partial charge is 0.407 e. The van der Waals surface area contributed by atoms with E-state index in [9.17, 15) is 4.79 Å². The van der Waals surface area contributed by atoms with Crippen molar-refractivity contribution in [2.24, 2.45) is 0 Å². The van der Waals surface area contributed by atoms with Crippen LogP contribution in [-0.4, -0.2) is 50.0 Å². The Balaban J connectivity index is 1.22. The molecule has 1 amide bonds. The average molecular weight is 459 g/mol. The number of carbonyl (C=O) groups excluding carboxylic acids is 1. The summed E-state index contributed by atoms with van der Waals surface area (Å²) in [5.74, 6) is 0.653. The van der Waals surface area contributed by atoms with E-state index in [1.165, 1.54) is 24.1 Å². The molecule has 1 saturated carbocycles. The van der Waals surface area contributed by atoms with Crippen molar-refractivity contribution in [3.63, 3.8) is 0 Å². The fourth-order valence-electron chi connectivity index (χ4n) is 4.05. The second-order valence-corrected chi connectivity index (χ2v) is 9.47. The molecule has 2 fully saturated rings. The number of ether oxygens (including phenoxy) is 3. The number of hydrogen-bond acceptors (Lipinski definition) is 7. The van der Waals surface area contributed by atoms with E-state index in [4.69, 9.17) is 19.2 Å². The van der Waals surface area contributed by atoms with Gasteiger partial charge in [-0.15, -0.1) is 11.3 Å². The lowest BCUT2D eigenvalue weighted by Gasteiger charge is -2.26. The predicted molar refractivity (Wildman–Crippen MR) is 125 cm³/mol. The van der Waals surface area contributed by atoms with Crippen molar-refractivity contribution >= 4 is 22.6 Å². The van der Waals surface area contributed by atoms with Crippen molar-refractivity contribution in [2.45, 2.75) is 58.1 Å². The first-order valence-electron chi connectivity index (χ1n) is 11.5. The van der Waals surface area contributed by atoms with Gasteiger partial charge in [0.05, 0.1) is 25.5 Å². The molecule has 2 aliphatic rings. The minimum absolute atomic E-state index is 0.184. The van der Waals surface area contributed by atoms with E-state index in [1.807, 2.05) is 18.2 Å². The molecule has 32 heavy (non-hydrogen) atoms. The summed E-state index contributed by atoms with van der Waals surface area (Å²) in [7, 11) is 0. The Bertz CT molecular complexity index is 876. The van der Waals surface area contributed by atoms with Gasteiger partial charge >= 0.3 is 6.09 Å². The molecule has 0 unspecified atom stereocenters. The second kappa shape index (κ2) is 11.5. The van der Waals surface area contributed by atoms with Gasteiger partial charge in [-0.2, -0.15) is 0 Å². The van der Waals surface area contributed by atoms with Gasteiger partial charge in [-0.3, -0.25) is 0 Å². The first kappa shape index (κ1) is 22.9. The van der Waals surface area contributed by atoms with Gasteiger partial charge in [-0.1, -0.05) is 31.4 Å². The Morgan fingerprint density at radius 3 is 2.91 bits per heavy atom. The van der Waals surface area contributed by atoms with Gasteiger partial charge in [0.15, 0.2) is 5.13 Å². The Morgan fingerprint density at radius 2 is 2.09 bits per heavy atom. The molecule has 0 spiro atoms. The summed E-state index contributed by atoms with van der Waals surface area (Å²) in [6, 6.07) is 9.10. The summed E-state index contributed by atoms with van der Waals surface area (Å²) in [6.07, 6.45) is 6.07. The van der Waals surface area contributed by atoms with Crippen LogP contribution < -0.4 is 15.0 Å². The molecule has 1 radical (unpaired) electrons. The number of amides is 1. The lowest BCUT2D eigenvalue weighted by atomic mass is 9.96. The standard InChI is InChI=1S/C24H32N3O4S/c1-18-22(26-23(32-18)27-11-14-29-15-12-27)10-13-30-21-9-5-6-19(16-21)17-31-24(28)25-20-7-3-2-4-8-20/h5-6,9,20H,2-4,7-8,10-15,17H2,1H3,(H,25,28). The van der Waals surface area contributed by atoms with Gasteiger partial charge in [0, 0.05) is 42.1 Å². The first-order valence-corrected chi connectivity index (χ1v) is 12.4. The molecule has 1 aliphatic carbocycles. The van der Waals surface area contributed by atoms with Crippen molar-refractivity contribution in [1.82, 2.24) is 10.3 Å². The third-order valence-electron chi connectivity index (χ3n) is 5.87. The number of nitrogens with one attached hydrogen (secondary N) is 1. The number of rotatable bonds is 8. The van der Waals surface area contributed by atoms with E-state index in [0.717, 1.165) is 62.0 Å². The van der Waals surface area contributed by atoms with Crippen LogP contribution in [0.4, 0.5) is 9.93 Å². The van der Waals surface area contributed by atoms with Gasteiger partial charge < -0.3 is 24.4 Å². The highest BCUT2D eigenvalue weighted by Crippen LogP contribution is 2.27. The number of morpholine rings is 1. The molecule has 2 heterocycles. The topological polar surface area (TPSA) is 72.9 Å². The minimum Gasteiger partial charge on any atom is -0.493 e. The average Bonchev–Trinajstić information content (AvgIpc) is 3.20. The van der Waals surface area contributed by atoms with Gasteiger partial charge in [0.1, 0.15) is 12.4 Å². The number of alkyl carbamates (subject to hydrolysis) is 1. The number of aromatic nitrogens is 1. The zero-order valence-corrected chi connectivity index (χ0v) is 19.5. The highest BCUT2D eigenvalue weighted by molar-refractivity contribution is 7.15. The SMILES string of the molecule is Cc1sc(N2CCOCC2)nc1CCOc1[c]c(COC(=O)NC2CCCCC2)ccc1. The molecule has 2 aromatic rings. The Morgan fingerprint density at radius 1 is 1.28 bits per heavy atom. The van der Waals surface area contributed by atoms with E-state index in [0.29, 0.717) is 12.4 Å². The first-order chi connectivity index (χ1) is 15.7. The molecule has 1 aromatic carbocycles. The van der Waals surface area contributed by atoms with Crippen LogP contribution >= 0.6 is 11.3 Å². The van der Waals surface area contributed by atoms with Gasteiger partial charge in [-0.25, -0.2) is 9.78 Å². The monoisotopic (exact) mass is 458 g/mol. The van der Waals surface area contributed by atoms with Crippen LogP contribution in [0.5, 0.6) is 5.75 Å². The molecule has 4 rings (SSSR count). The maximum absolute atomic E-state index is 12.1. The number of nitrogens with zero attached hydrogens (tertiary/aromatic N) is 2. The molecule has 1 aliphatic heterocycles. The zero-order valence-electron chi connectivity index (χ0n) is 18.7. The number of benzene rings is 1. The van der Waals surface area contributed by atoms with Gasteiger partial charge in [-0.05, 0) is 25.8 Å². The molecule has 0 bridgehead atoms. The van der Waals surface area contributed by atoms with Crippen LogP contribution in [0.1, 0.15) is 48.2 Å². The highest BCUT2D eigenvalue weighted by atomic mass is 32.1. The number of anilines is 1. The van der Waals surface area contributed by atoms with Crippen LogP contribution in [0.2, 0.25) is 0 Å². The van der Waals surface area contributed by atoms with Crippen LogP contribution in [0.25, 0.3) is 0 Å². The third kappa shape index (κ3) is 6.59. The fraction of sp³-hybridized carbons (Fsp3) is 0.583. The molecule has 0 atom stereocenters. The maximum atomic E-state index is 12.1. The fourth-order valence-corrected chi connectivity index (χ4v) is 5.06. The number of carbonyl (C=O) groups is 1. The highest BCUT2D eigenvalue weighted by Gasteiger charge is 2.18. The lowest BCUT2D eigenvalue weighted by Crippen LogP contribution is -2.36. The van der Waals surface area contributed by atoms with Crippen molar-refractivity contribution in [2.75, 3.05) is 37.8 Å². The largest absolute Gasteiger partial charge is 0.493 e. The van der Waals surface area contributed by atoms with Gasteiger partial charge in [0.2, 0.25) is 0 Å². The van der Waals surface area contributed by atoms with Gasteiger partial charge in [0.25, 0.3) is 0 Å². The van der Waals surface area contributed by atoms with Crippen LogP contribution in [0.15, 0.2) is 18.2 Å². The van der Waals surface area contributed by atoms with Crippen LogP contribution in [0, 0.1) is 13.0 Å². The molecular formula is C24H32N3O4S. The predicted octanol–water partition coefficient (Wildman–Crippen LogP) is 4.27. The van der Waals surface area contributed by atoms with Crippen molar-refractivity contribution in [3.8, 4) is 5.75 Å². The summed E-state index contributed by atoms with van der Waals surface area (Å²) in [5.41, 5.74) is 1.87. The molecule has 173 valence electrons. The van der Waals surface area contributed by atoms with Crippen LogP contribution in [-0.2, 0) is 22.5 Å². The zero-order chi connectivity index (χ0) is 22.2. The molecule has 8 heteroatoms. The lowest BCUT2D eigenvalue weighted by molar-refractivity contribution is 0.122. The van der Waals surface area contributed by atoms with Crippen LogP contribution in [0.3, 0.4) is 0 Å². The Labute approximate surface area is 194 Å². The summed E-state index contributed by atoms with van der Waals surface area (Å²) in [4.78, 5) is 20.4. The van der Waals surface area contributed by atoms with Crippen molar-refractivity contribution in [3.05, 3.63) is 40.4 Å².